The van der Waals surface area contributed by atoms with Crippen molar-refractivity contribution in [1.29, 1.82) is 0 Å². The highest BCUT2D eigenvalue weighted by atomic mass is 79.9. The van der Waals surface area contributed by atoms with Crippen LogP contribution in [0.25, 0.3) is 0 Å². The van der Waals surface area contributed by atoms with Gasteiger partial charge in [-0.25, -0.2) is 4.79 Å². The number of carboxylic acids is 1. The summed E-state index contributed by atoms with van der Waals surface area (Å²) < 4.78 is 10.4. The predicted molar refractivity (Wildman–Crippen MR) is 75.8 cm³/mol. The molecule has 8 heteroatoms. The van der Waals surface area contributed by atoms with Gasteiger partial charge in [0.15, 0.2) is 10.4 Å². The van der Waals surface area contributed by atoms with Crippen molar-refractivity contribution in [3.8, 4) is 0 Å². The summed E-state index contributed by atoms with van der Waals surface area (Å²) in [5.41, 5.74) is -0.726. The molecule has 0 saturated carbocycles. The van der Waals surface area contributed by atoms with Gasteiger partial charge in [-0.3, -0.25) is 9.59 Å². The Bertz CT molecular complexity index is 545. The molecule has 0 saturated heterocycles. The van der Waals surface area contributed by atoms with Gasteiger partial charge < -0.3 is 19.6 Å². The van der Waals surface area contributed by atoms with Gasteiger partial charge in [-0.05, 0) is 48.8 Å². The number of carbonyl (C=O) groups excluding carboxylic acids is 2. The van der Waals surface area contributed by atoms with Gasteiger partial charge in [-0.15, -0.1) is 0 Å². The number of nitrogens with one attached hydrogen (secondary N) is 1. The van der Waals surface area contributed by atoms with Crippen LogP contribution in [0.2, 0.25) is 0 Å². The number of furan rings is 1. The Labute approximate surface area is 129 Å². The lowest BCUT2D eigenvalue weighted by Crippen LogP contribution is -2.43. The molecule has 1 heterocycles. The standard InChI is InChI=1S/C13H16BrNO6/c1-13(2,3)21-10(16)6-7(12(18)19)15-11(17)8-4-5-9(14)20-8/h4-5,7H,6H2,1-3H3,(H,15,17)(H,18,19)/t7-/m0/s1. The Balaban J connectivity index is 2.68. The monoisotopic (exact) mass is 361 g/mol. The van der Waals surface area contributed by atoms with Gasteiger partial charge in [-0.1, -0.05) is 0 Å². The van der Waals surface area contributed by atoms with Crippen molar-refractivity contribution in [3.05, 3.63) is 22.6 Å². The second-order valence-electron chi connectivity index (χ2n) is 5.26. The van der Waals surface area contributed by atoms with E-state index in [2.05, 4.69) is 21.2 Å². The van der Waals surface area contributed by atoms with Gasteiger partial charge in [0, 0.05) is 0 Å². The second kappa shape index (κ2) is 6.75. The molecule has 1 rings (SSSR count). The average molecular weight is 362 g/mol. The lowest BCUT2D eigenvalue weighted by atomic mass is 10.1. The predicted octanol–water partition coefficient (Wildman–Crippen LogP) is 1.96. The fourth-order valence-corrected chi connectivity index (χ4v) is 1.72. The van der Waals surface area contributed by atoms with E-state index >= 15 is 0 Å². The molecule has 0 aromatic carbocycles. The smallest absolute Gasteiger partial charge is 0.326 e. The lowest BCUT2D eigenvalue weighted by molar-refractivity contribution is -0.158. The van der Waals surface area contributed by atoms with E-state index in [0.29, 0.717) is 4.67 Å². The largest absolute Gasteiger partial charge is 0.480 e. The minimum atomic E-state index is -1.39. The van der Waals surface area contributed by atoms with E-state index in [1.54, 1.807) is 20.8 Å². The first-order valence-electron chi connectivity index (χ1n) is 6.09. The Morgan fingerprint density at radius 1 is 1.38 bits per heavy atom. The van der Waals surface area contributed by atoms with Crippen LogP contribution >= 0.6 is 15.9 Å². The summed E-state index contributed by atoms with van der Waals surface area (Å²) in [6.45, 7) is 5.00. The summed E-state index contributed by atoms with van der Waals surface area (Å²) >= 11 is 3.03. The van der Waals surface area contributed by atoms with Crippen LogP contribution in [0.4, 0.5) is 0 Å². The molecule has 0 spiro atoms. The SMILES string of the molecule is CC(C)(C)OC(=O)C[C@H](NC(=O)c1ccc(Br)o1)C(=O)O. The number of ether oxygens (including phenoxy) is 1. The number of carbonyl (C=O) groups is 3. The van der Waals surface area contributed by atoms with Crippen LogP contribution in [-0.4, -0.2) is 34.6 Å². The molecule has 0 unspecified atom stereocenters. The fourth-order valence-electron chi connectivity index (χ4n) is 1.42. The molecule has 21 heavy (non-hydrogen) atoms. The lowest BCUT2D eigenvalue weighted by Gasteiger charge is -2.21. The minimum absolute atomic E-state index is 0.0580. The van der Waals surface area contributed by atoms with Crippen LogP contribution in [0.1, 0.15) is 37.7 Å². The molecule has 116 valence electrons. The molecule has 0 aliphatic heterocycles. The van der Waals surface area contributed by atoms with E-state index in [9.17, 15) is 14.4 Å². The quantitative estimate of drug-likeness (QED) is 0.776. The maximum atomic E-state index is 11.8. The van der Waals surface area contributed by atoms with Gasteiger partial charge in [0.1, 0.15) is 11.6 Å². The molecule has 0 bridgehead atoms. The molecule has 0 fully saturated rings. The molecular weight excluding hydrogens is 346 g/mol. The van der Waals surface area contributed by atoms with Crippen molar-refractivity contribution in [2.24, 2.45) is 0 Å². The maximum Gasteiger partial charge on any atom is 0.326 e. The first-order chi connectivity index (χ1) is 9.58. The maximum absolute atomic E-state index is 11.8. The molecule has 7 nitrogen and oxygen atoms in total. The summed E-state index contributed by atoms with van der Waals surface area (Å²) in [7, 11) is 0. The summed E-state index contributed by atoms with van der Waals surface area (Å²) in [5, 5.41) is 11.3. The zero-order valence-corrected chi connectivity index (χ0v) is 13.4. The minimum Gasteiger partial charge on any atom is -0.480 e. The molecule has 1 amide bonds. The van der Waals surface area contributed by atoms with Crippen LogP contribution in [0.5, 0.6) is 0 Å². The number of aliphatic carboxylic acids is 1. The van der Waals surface area contributed by atoms with Crippen molar-refractivity contribution < 1.29 is 28.6 Å². The summed E-state index contributed by atoms with van der Waals surface area (Å²) in [5.74, 6) is -2.83. The zero-order chi connectivity index (χ0) is 16.2. The number of rotatable bonds is 5. The number of esters is 1. The zero-order valence-electron chi connectivity index (χ0n) is 11.8. The van der Waals surface area contributed by atoms with E-state index < -0.39 is 35.9 Å². The number of amides is 1. The van der Waals surface area contributed by atoms with E-state index in [4.69, 9.17) is 14.3 Å². The first kappa shape index (κ1) is 17.2. The molecule has 0 aliphatic carbocycles. The Hall–Kier alpha value is -1.83. The summed E-state index contributed by atoms with van der Waals surface area (Å²) in [4.78, 5) is 34.5. The average Bonchev–Trinajstić information content (AvgIpc) is 2.72. The first-order valence-corrected chi connectivity index (χ1v) is 6.88. The van der Waals surface area contributed by atoms with Gasteiger partial charge in [0.05, 0.1) is 6.42 Å². The van der Waals surface area contributed by atoms with Crippen molar-refractivity contribution >= 4 is 33.8 Å². The van der Waals surface area contributed by atoms with Gasteiger partial charge in [0.25, 0.3) is 5.91 Å². The van der Waals surface area contributed by atoms with Crippen molar-refractivity contribution in [3.63, 3.8) is 0 Å². The van der Waals surface area contributed by atoms with Crippen molar-refractivity contribution in [1.82, 2.24) is 5.32 Å². The van der Waals surface area contributed by atoms with Crippen LogP contribution < -0.4 is 5.32 Å². The molecule has 1 aromatic rings. The summed E-state index contributed by atoms with van der Waals surface area (Å²) in [6.07, 6.45) is -0.472. The molecule has 1 atom stereocenters. The highest BCUT2D eigenvalue weighted by Crippen LogP contribution is 2.14. The van der Waals surface area contributed by atoms with Crippen LogP contribution in [0.15, 0.2) is 21.2 Å². The number of carboxylic acid groups (broad SMARTS) is 1. The third-order valence-corrected chi connectivity index (χ3v) is 2.62. The van der Waals surface area contributed by atoms with Crippen LogP contribution in [-0.2, 0) is 14.3 Å². The topological polar surface area (TPSA) is 106 Å². The number of hydrogen-bond donors (Lipinski definition) is 2. The Morgan fingerprint density at radius 2 is 2.00 bits per heavy atom. The number of halogens is 1. The second-order valence-corrected chi connectivity index (χ2v) is 6.04. The highest BCUT2D eigenvalue weighted by Gasteiger charge is 2.27. The van der Waals surface area contributed by atoms with Gasteiger partial charge >= 0.3 is 11.9 Å². The van der Waals surface area contributed by atoms with Gasteiger partial charge in [-0.2, -0.15) is 0 Å². The third-order valence-electron chi connectivity index (χ3n) is 2.19. The molecule has 1 aromatic heterocycles. The van der Waals surface area contributed by atoms with E-state index in [1.807, 2.05) is 0 Å². The van der Waals surface area contributed by atoms with Crippen LogP contribution in [0, 0.1) is 0 Å². The van der Waals surface area contributed by atoms with Gasteiger partial charge in [0.2, 0.25) is 0 Å². The fraction of sp³-hybridized carbons (Fsp3) is 0.462. The van der Waals surface area contributed by atoms with Crippen LogP contribution in [0.3, 0.4) is 0 Å². The molecule has 0 radical (unpaired) electrons. The summed E-state index contributed by atoms with van der Waals surface area (Å²) in [6, 6.07) is 1.49. The van der Waals surface area contributed by atoms with Crippen molar-refractivity contribution in [2.45, 2.75) is 38.8 Å². The van der Waals surface area contributed by atoms with E-state index in [0.717, 1.165) is 0 Å². The van der Waals surface area contributed by atoms with E-state index in [1.165, 1.54) is 12.1 Å². The molecular formula is C13H16BrNO6. The normalized spacial score (nSPS) is 12.6. The van der Waals surface area contributed by atoms with E-state index in [-0.39, 0.29) is 5.76 Å². The number of hydrogen-bond acceptors (Lipinski definition) is 5. The third kappa shape index (κ3) is 5.99. The molecule has 0 aliphatic rings. The Kier molecular flexibility index (Phi) is 5.54. The molecule has 2 N–H and O–H groups in total. The van der Waals surface area contributed by atoms with Crippen molar-refractivity contribution in [2.75, 3.05) is 0 Å². The highest BCUT2D eigenvalue weighted by molar-refractivity contribution is 9.10. The Morgan fingerprint density at radius 3 is 2.43 bits per heavy atom.